The molecule has 55 heavy (non-hydrogen) atoms. The van der Waals surface area contributed by atoms with Crippen molar-refractivity contribution in [3.63, 3.8) is 0 Å². The summed E-state index contributed by atoms with van der Waals surface area (Å²) in [5, 5.41) is 15.2. The van der Waals surface area contributed by atoms with Crippen molar-refractivity contribution in [3.8, 4) is 0 Å². The zero-order valence-corrected chi connectivity index (χ0v) is 30.2. The van der Waals surface area contributed by atoms with Gasteiger partial charge in [0.15, 0.2) is 31.1 Å². The first-order valence-corrected chi connectivity index (χ1v) is 17.8. The number of rotatable bonds is 15. The second-order valence-corrected chi connectivity index (χ2v) is 13.2. The molecule has 6 rings (SSSR count). The molecule has 0 amide bonds. The van der Waals surface area contributed by atoms with Gasteiger partial charge >= 0.3 is 11.9 Å². The van der Waals surface area contributed by atoms with Crippen molar-refractivity contribution in [1.82, 2.24) is 0 Å². The Hall–Kier alpha value is -4.74. The summed E-state index contributed by atoms with van der Waals surface area (Å²) < 4.78 is 54.6. The number of aliphatic hydroxyl groups excluding tert-OH is 1. The molecule has 0 aliphatic carbocycles. The van der Waals surface area contributed by atoms with Crippen molar-refractivity contribution in [2.75, 3.05) is 13.7 Å². The van der Waals surface area contributed by atoms with Crippen molar-refractivity contribution < 1.29 is 62.1 Å². The van der Waals surface area contributed by atoms with E-state index < -0.39 is 79.6 Å². The van der Waals surface area contributed by atoms with Gasteiger partial charge in [0.1, 0.15) is 42.3 Å². The lowest BCUT2D eigenvalue weighted by Gasteiger charge is -2.50. The largest absolute Gasteiger partial charge is 0.467 e. The lowest BCUT2D eigenvalue weighted by Crippen LogP contribution is -2.67. The van der Waals surface area contributed by atoms with Crippen LogP contribution in [0, 0.1) is 0 Å². The van der Waals surface area contributed by atoms with Crippen LogP contribution >= 0.6 is 0 Å². The first-order valence-electron chi connectivity index (χ1n) is 17.8. The summed E-state index contributed by atoms with van der Waals surface area (Å²) in [7, 11) is 1.13. The number of methoxy groups -OCH3 is 1. The predicted molar refractivity (Wildman–Crippen MR) is 189 cm³/mol. The number of ether oxygens (including phenoxy) is 9. The number of aliphatic hydroxyl groups is 1. The molecule has 11 atom stereocenters. The lowest BCUT2D eigenvalue weighted by molar-refractivity contribution is -0.370. The van der Waals surface area contributed by atoms with E-state index in [-0.39, 0.29) is 38.4 Å². The zero-order valence-electron chi connectivity index (χ0n) is 30.2. The minimum Gasteiger partial charge on any atom is -0.467 e. The van der Waals surface area contributed by atoms with E-state index in [1.165, 1.54) is 6.92 Å². The molecule has 0 saturated carbocycles. The predicted octanol–water partition coefficient (Wildman–Crippen LogP) is 4.23. The molecule has 3 aromatic rings. The SMILES string of the molecule is COC(=O)[C@@H]1OC(O)[C@H](OC(=O)CCC(C)=O)[C@@H](OCc2ccccc2)[C@@H]1O[C@H]1O[C@@H]2CO[C@@H](c3ccccc3)O[C@H]2[C@H](OCc2ccccc2)[C@H]1N=[N+]=[N-]. The Morgan fingerprint density at radius 2 is 1.44 bits per heavy atom. The molecule has 1 N–H and O–H groups in total. The highest BCUT2D eigenvalue weighted by Crippen LogP contribution is 2.39. The monoisotopic (exact) mass is 761 g/mol. The number of hydrogen-bond acceptors (Lipinski definition) is 14. The zero-order chi connectivity index (χ0) is 38.7. The fourth-order valence-corrected chi connectivity index (χ4v) is 6.60. The Labute approximate surface area is 317 Å². The molecule has 3 aliphatic heterocycles. The van der Waals surface area contributed by atoms with Gasteiger partial charge in [-0.05, 0) is 23.6 Å². The summed E-state index contributed by atoms with van der Waals surface area (Å²) in [6, 6.07) is 26.4. The van der Waals surface area contributed by atoms with Crippen molar-refractivity contribution in [3.05, 3.63) is 118 Å². The molecule has 3 aromatic carbocycles. The van der Waals surface area contributed by atoms with E-state index in [0.717, 1.165) is 18.2 Å². The Kier molecular flexibility index (Phi) is 14.0. The summed E-state index contributed by atoms with van der Waals surface area (Å²) in [4.78, 5) is 41.0. The number of azide groups is 1. The number of carbonyl (C=O) groups is 3. The first kappa shape index (κ1) is 39.9. The van der Waals surface area contributed by atoms with Gasteiger partial charge < -0.3 is 52.5 Å². The van der Waals surface area contributed by atoms with Gasteiger partial charge in [-0.1, -0.05) is 96.1 Å². The van der Waals surface area contributed by atoms with Crippen LogP contribution in [-0.4, -0.2) is 97.9 Å². The Bertz CT molecular complexity index is 1760. The highest BCUT2D eigenvalue weighted by molar-refractivity contribution is 5.81. The second kappa shape index (κ2) is 19.2. The Balaban J connectivity index is 1.34. The summed E-state index contributed by atoms with van der Waals surface area (Å²) in [5.74, 6) is -2.01. The van der Waals surface area contributed by atoms with Crippen LogP contribution in [0.2, 0.25) is 0 Å². The molecule has 16 heteroatoms. The van der Waals surface area contributed by atoms with Crippen molar-refractivity contribution >= 4 is 17.7 Å². The number of carbonyl (C=O) groups excluding carboxylic acids is 3. The maximum atomic E-state index is 13.3. The fraction of sp³-hybridized carbons (Fsp3) is 0.462. The summed E-state index contributed by atoms with van der Waals surface area (Å²) in [6.45, 7) is 1.37. The van der Waals surface area contributed by atoms with E-state index in [1.807, 2.05) is 66.7 Å². The molecule has 0 aromatic heterocycles. The highest BCUT2D eigenvalue weighted by Gasteiger charge is 2.57. The van der Waals surface area contributed by atoms with Crippen LogP contribution in [0.25, 0.3) is 10.4 Å². The summed E-state index contributed by atoms with van der Waals surface area (Å²) >= 11 is 0. The average molecular weight is 762 g/mol. The lowest BCUT2D eigenvalue weighted by atomic mass is 9.94. The molecular weight excluding hydrogens is 718 g/mol. The highest BCUT2D eigenvalue weighted by atomic mass is 16.8. The number of hydrogen-bond donors (Lipinski definition) is 1. The molecule has 1 unspecified atom stereocenters. The molecule has 0 radical (unpaired) electrons. The van der Waals surface area contributed by atoms with Gasteiger partial charge in [0.05, 0.1) is 33.4 Å². The average Bonchev–Trinajstić information content (AvgIpc) is 3.21. The first-order chi connectivity index (χ1) is 26.7. The minimum absolute atomic E-state index is 0.0168. The molecule has 3 fully saturated rings. The van der Waals surface area contributed by atoms with Gasteiger partial charge in [-0.25, -0.2) is 4.79 Å². The molecule has 292 valence electrons. The molecule has 0 bridgehead atoms. The van der Waals surface area contributed by atoms with E-state index in [2.05, 4.69) is 10.0 Å². The standard InChI is InChI=1S/C39H43N3O13/c1-23(43)18-19-28(44)52-34-32(49-21-25-14-8-4-9-15-25)33(35(36(45)47-2)53-37(34)46)55-39-29(41-42-40)31(48-20-24-12-6-3-7-13-24)30-27(51-39)22-50-38(54-30)26-16-10-5-11-17-26/h3-17,27,29-35,37-39,46H,18-22H2,1-2H3/t27-,29-,30-,31-,32+,33+,34-,35-,37?,38-,39-/m1/s1. The van der Waals surface area contributed by atoms with Crippen molar-refractivity contribution in [1.29, 1.82) is 0 Å². The number of Topliss-reactive ketones (excluding diaryl/α,β-unsaturated/α-hetero) is 1. The number of nitrogens with zero attached hydrogens (tertiary/aromatic N) is 3. The maximum absolute atomic E-state index is 13.3. The topological polar surface area (TPSA) is 203 Å². The minimum atomic E-state index is -1.88. The third-order valence-corrected chi connectivity index (χ3v) is 9.32. The van der Waals surface area contributed by atoms with E-state index in [1.54, 1.807) is 24.3 Å². The fourth-order valence-electron chi connectivity index (χ4n) is 6.60. The van der Waals surface area contributed by atoms with Crippen LogP contribution < -0.4 is 0 Å². The van der Waals surface area contributed by atoms with Crippen molar-refractivity contribution in [2.45, 2.75) is 101 Å². The molecule has 3 aliphatic rings. The molecular formula is C39H43N3O13. The van der Waals surface area contributed by atoms with Gasteiger partial charge in [0.25, 0.3) is 0 Å². The maximum Gasteiger partial charge on any atom is 0.337 e. The van der Waals surface area contributed by atoms with Gasteiger partial charge in [0.2, 0.25) is 0 Å². The molecule has 3 heterocycles. The van der Waals surface area contributed by atoms with E-state index in [4.69, 9.17) is 42.6 Å². The number of benzene rings is 3. The third-order valence-electron chi connectivity index (χ3n) is 9.32. The smallest absolute Gasteiger partial charge is 0.337 e. The second-order valence-electron chi connectivity index (χ2n) is 13.2. The van der Waals surface area contributed by atoms with Crippen LogP contribution in [0.3, 0.4) is 0 Å². The van der Waals surface area contributed by atoms with Crippen LogP contribution in [0.1, 0.15) is 42.7 Å². The van der Waals surface area contributed by atoms with Crippen LogP contribution in [0.4, 0.5) is 0 Å². The van der Waals surface area contributed by atoms with Gasteiger partial charge in [-0.2, -0.15) is 0 Å². The third kappa shape index (κ3) is 10.1. The van der Waals surface area contributed by atoms with Crippen LogP contribution in [0.15, 0.2) is 96.1 Å². The number of ketones is 1. The van der Waals surface area contributed by atoms with Crippen LogP contribution in [-0.2, 0) is 70.2 Å². The Morgan fingerprint density at radius 3 is 2.04 bits per heavy atom. The van der Waals surface area contributed by atoms with Crippen molar-refractivity contribution in [2.24, 2.45) is 5.11 Å². The summed E-state index contributed by atoms with van der Waals surface area (Å²) in [5.41, 5.74) is 12.2. The van der Waals surface area contributed by atoms with E-state index >= 15 is 0 Å². The molecule has 3 saturated heterocycles. The summed E-state index contributed by atoms with van der Waals surface area (Å²) in [6.07, 6.45) is -13.2. The van der Waals surface area contributed by atoms with E-state index in [0.29, 0.717) is 5.56 Å². The molecule has 16 nitrogen and oxygen atoms in total. The van der Waals surface area contributed by atoms with Gasteiger partial charge in [0, 0.05) is 16.9 Å². The van der Waals surface area contributed by atoms with E-state index in [9.17, 15) is 25.0 Å². The number of esters is 2. The quantitative estimate of drug-likeness (QED) is 0.0998. The van der Waals surface area contributed by atoms with Gasteiger partial charge in [-0.15, -0.1) is 0 Å². The molecule has 0 spiro atoms. The van der Waals surface area contributed by atoms with Crippen LogP contribution in [0.5, 0.6) is 0 Å². The number of fused-ring (bicyclic) bond motifs is 1. The Morgan fingerprint density at radius 1 is 0.818 bits per heavy atom. The van der Waals surface area contributed by atoms with Gasteiger partial charge in [-0.3, -0.25) is 4.79 Å². The normalized spacial score (nSPS) is 30.3.